The first kappa shape index (κ1) is 17.2. The van der Waals surface area contributed by atoms with Crippen molar-refractivity contribution >= 4 is 29.2 Å². The number of carbonyl (C=O) groups is 1. The van der Waals surface area contributed by atoms with Crippen molar-refractivity contribution in [3.8, 4) is 0 Å². The van der Waals surface area contributed by atoms with E-state index in [2.05, 4.69) is 5.32 Å². The third-order valence-corrected chi connectivity index (χ3v) is 5.30. The summed E-state index contributed by atoms with van der Waals surface area (Å²) in [7, 11) is 0. The van der Waals surface area contributed by atoms with Crippen LogP contribution in [0, 0.1) is 0 Å². The van der Waals surface area contributed by atoms with Gasteiger partial charge in [0, 0.05) is 22.0 Å². The molecule has 0 bridgehead atoms. The molecular weight excluding hydrogens is 347 g/mol. The van der Waals surface area contributed by atoms with Gasteiger partial charge in [-0.05, 0) is 42.3 Å². The number of aliphatic carboxylic acids is 1. The first-order chi connectivity index (χ1) is 11.3. The molecule has 0 unspecified atom stereocenters. The highest BCUT2D eigenvalue weighted by molar-refractivity contribution is 6.30. The largest absolute Gasteiger partial charge is 0.480 e. The van der Waals surface area contributed by atoms with Gasteiger partial charge in [0.1, 0.15) is 6.04 Å². The molecule has 0 aliphatic carbocycles. The van der Waals surface area contributed by atoms with Crippen LogP contribution in [-0.4, -0.2) is 23.2 Å². The maximum Gasteiger partial charge on any atom is 0.321 e. The Morgan fingerprint density at radius 1 is 1.17 bits per heavy atom. The molecule has 1 aliphatic rings. The van der Waals surface area contributed by atoms with Crippen molar-refractivity contribution < 1.29 is 9.90 Å². The molecule has 0 spiro atoms. The van der Waals surface area contributed by atoms with Crippen molar-refractivity contribution in [3.05, 3.63) is 69.7 Å². The third-order valence-electron chi connectivity index (χ3n) is 4.81. The third kappa shape index (κ3) is 2.80. The predicted octanol–water partition coefficient (Wildman–Crippen LogP) is 3.38. The van der Waals surface area contributed by atoms with Gasteiger partial charge in [-0.2, -0.15) is 0 Å². The Labute approximate surface area is 150 Å². The van der Waals surface area contributed by atoms with Gasteiger partial charge in [0.25, 0.3) is 0 Å². The van der Waals surface area contributed by atoms with Crippen LogP contribution in [-0.2, 0) is 10.3 Å². The van der Waals surface area contributed by atoms with E-state index in [0.29, 0.717) is 10.0 Å². The van der Waals surface area contributed by atoms with E-state index in [9.17, 15) is 9.90 Å². The van der Waals surface area contributed by atoms with E-state index in [-0.39, 0.29) is 6.04 Å². The fourth-order valence-electron chi connectivity index (χ4n) is 3.60. The lowest BCUT2D eigenvalue weighted by molar-refractivity contribution is -0.139. The minimum absolute atomic E-state index is 0.247. The van der Waals surface area contributed by atoms with Gasteiger partial charge in [-0.1, -0.05) is 47.5 Å². The standard InChI is InChI=1S/C18H18Cl2N2O2/c1-10-18(21,12-5-7-13(19)8-6-12)15(16(22-10)17(23)24)11-3-2-4-14(20)9-11/h2-10,15-16,22H,21H2,1H3,(H,23,24)/t10-,15+,16-,18+/m1/s1. The van der Waals surface area contributed by atoms with Crippen molar-refractivity contribution in [2.75, 3.05) is 0 Å². The van der Waals surface area contributed by atoms with Gasteiger partial charge in [0.05, 0.1) is 5.54 Å². The number of halogens is 2. The number of nitrogens with two attached hydrogens (primary N) is 1. The molecule has 1 saturated heterocycles. The van der Waals surface area contributed by atoms with E-state index in [0.717, 1.165) is 11.1 Å². The van der Waals surface area contributed by atoms with Crippen LogP contribution in [0.25, 0.3) is 0 Å². The van der Waals surface area contributed by atoms with Crippen LogP contribution in [0.3, 0.4) is 0 Å². The van der Waals surface area contributed by atoms with Gasteiger partial charge < -0.3 is 10.8 Å². The van der Waals surface area contributed by atoms with Crippen LogP contribution in [0.15, 0.2) is 48.5 Å². The van der Waals surface area contributed by atoms with Gasteiger partial charge in [-0.3, -0.25) is 10.1 Å². The van der Waals surface area contributed by atoms with Crippen LogP contribution >= 0.6 is 23.2 Å². The molecule has 4 N–H and O–H groups in total. The fourth-order valence-corrected chi connectivity index (χ4v) is 3.92. The van der Waals surface area contributed by atoms with Gasteiger partial charge in [-0.15, -0.1) is 0 Å². The minimum Gasteiger partial charge on any atom is -0.480 e. The number of nitrogens with one attached hydrogen (secondary N) is 1. The highest BCUT2D eigenvalue weighted by atomic mass is 35.5. The smallest absolute Gasteiger partial charge is 0.321 e. The molecule has 0 aromatic heterocycles. The van der Waals surface area contributed by atoms with E-state index in [1.165, 1.54) is 0 Å². The Balaban J connectivity index is 2.17. The number of hydrogen-bond donors (Lipinski definition) is 3. The molecule has 4 atom stereocenters. The summed E-state index contributed by atoms with van der Waals surface area (Å²) < 4.78 is 0. The molecule has 2 aromatic carbocycles. The van der Waals surface area contributed by atoms with Crippen LogP contribution in [0.5, 0.6) is 0 Å². The van der Waals surface area contributed by atoms with E-state index < -0.39 is 23.5 Å². The van der Waals surface area contributed by atoms with Crippen molar-refractivity contribution in [1.82, 2.24) is 5.32 Å². The lowest BCUT2D eigenvalue weighted by Gasteiger charge is -2.36. The number of benzene rings is 2. The molecule has 24 heavy (non-hydrogen) atoms. The maximum atomic E-state index is 11.8. The Hall–Kier alpha value is -1.59. The first-order valence-electron chi connectivity index (χ1n) is 7.63. The monoisotopic (exact) mass is 364 g/mol. The normalized spacial score (nSPS) is 29.6. The number of carboxylic acids is 1. The highest BCUT2D eigenvalue weighted by Crippen LogP contribution is 2.45. The van der Waals surface area contributed by atoms with Gasteiger partial charge in [0.2, 0.25) is 0 Å². The van der Waals surface area contributed by atoms with Crippen LogP contribution in [0.2, 0.25) is 10.0 Å². The first-order valence-corrected chi connectivity index (χ1v) is 8.39. The molecular formula is C18H18Cl2N2O2. The topological polar surface area (TPSA) is 75.3 Å². The molecule has 1 aliphatic heterocycles. The number of carboxylic acid groups (broad SMARTS) is 1. The molecule has 6 heteroatoms. The number of hydrogen-bond acceptors (Lipinski definition) is 3. The molecule has 0 amide bonds. The van der Waals surface area contributed by atoms with E-state index in [1.54, 1.807) is 24.3 Å². The average molecular weight is 365 g/mol. The van der Waals surface area contributed by atoms with E-state index >= 15 is 0 Å². The second-order valence-electron chi connectivity index (χ2n) is 6.18. The zero-order valence-electron chi connectivity index (χ0n) is 13.0. The summed E-state index contributed by atoms with van der Waals surface area (Å²) in [6.45, 7) is 1.90. The quantitative estimate of drug-likeness (QED) is 0.780. The Bertz CT molecular complexity index is 766. The highest BCUT2D eigenvalue weighted by Gasteiger charge is 2.54. The Morgan fingerprint density at radius 2 is 1.83 bits per heavy atom. The molecule has 1 fully saturated rings. The van der Waals surface area contributed by atoms with Crippen LogP contribution in [0.1, 0.15) is 24.0 Å². The van der Waals surface area contributed by atoms with E-state index in [1.807, 2.05) is 31.2 Å². The summed E-state index contributed by atoms with van der Waals surface area (Å²) >= 11 is 12.1. The lowest BCUT2D eigenvalue weighted by atomic mass is 9.72. The second-order valence-corrected chi connectivity index (χ2v) is 7.05. The van der Waals surface area contributed by atoms with Gasteiger partial charge in [0.15, 0.2) is 0 Å². The van der Waals surface area contributed by atoms with Crippen molar-refractivity contribution in [1.29, 1.82) is 0 Å². The molecule has 0 radical (unpaired) electrons. The summed E-state index contributed by atoms with van der Waals surface area (Å²) in [5, 5.41) is 14.0. The molecule has 126 valence electrons. The minimum atomic E-state index is -0.937. The van der Waals surface area contributed by atoms with Gasteiger partial charge in [-0.25, -0.2) is 0 Å². The zero-order chi connectivity index (χ0) is 17.5. The second kappa shape index (κ2) is 6.37. The average Bonchev–Trinajstić information content (AvgIpc) is 2.81. The predicted molar refractivity (Wildman–Crippen MR) is 95.5 cm³/mol. The molecule has 2 aromatic rings. The lowest BCUT2D eigenvalue weighted by Crippen LogP contribution is -2.49. The van der Waals surface area contributed by atoms with Crippen molar-refractivity contribution in [3.63, 3.8) is 0 Å². The van der Waals surface area contributed by atoms with Gasteiger partial charge >= 0.3 is 5.97 Å². The fraction of sp³-hybridized carbons (Fsp3) is 0.278. The molecule has 3 rings (SSSR count). The summed E-state index contributed by atoms with van der Waals surface area (Å²) in [5.74, 6) is -1.40. The summed E-state index contributed by atoms with van der Waals surface area (Å²) in [6, 6.07) is 13.4. The molecule has 4 nitrogen and oxygen atoms in total. The van der Waals surface area contributed by atoms with Crippen LogP contribution < -0.4 is 11.1 Å². The van der Waals surface area contributed by atoms with Crippen molar-refractivity contribution in [2.45, 2.75) is 30.5 Å². The number of rotatable bonds is 3. The Morgan fingerprint density at radius 3 is 2.42 bits per heavy atom. The van der Waals surface area contributed by atoms with Crippen molar-refractivity contribution in [2.24, 2.45) is 5.73 Å². The molecule has 0 saturated carbocycles. The molecule has 1 heterocycles. The van der Waals surface area contributed by atoms with Crippen LogP contribution in [0.4, 0.5) is 0 Å². The summed E-state index contributed by atoms with van der Waals surface area (Å²) in [5.41, 5.74) is 7.54. The van der Waals surface area contributed by atoms with E-state index in [4.69, 9.17) is 28.9 Å². The summed E-state index contributed by atoms with van der Waals surface area (Å²) in [4.78, 5) is 11.8. The zero-order valence-corrected chi connectivity index (χ0v) is 14.6. The Kier molecular flexibility index (Phi) is 4.58. The SMILES string of the molecule is C[C@H]1N[C@@H](C(=O)O)[C@H](c2cccc(Cl)c2)[C@@]1(N)c1ccc(Cl)cc1. The maximum absolute atomic E-state index is 11.8. The summed E-state index contributed by atoms with van der Waals surface area (Å²) in [6.07, 6.45) is 0.